The lowest BCUT2D eigenvalue weighted by Gasteiger charge is -2.34. The molecule has 6 nitrogen and oxygen atoms in total. The number of aromatic nitrogens is 4. The molecule has 1 unspecified atom stereocenters. The van der Waals surface area contributed by atoms with Gasteiger partial charge >= 0.3 is 0 Å². The molecule has 7 heteroatoms. The fraction of sp³-hybridized carbons (Fsp3) is 0.643. The average Bonchev–Trinajstić information content (AvgIpc) is 2.93. The summed E-state index contributed by atoms with van der Waals surface area (Å²) in [5.41, 5.74) is 8.01. The van der Waals surface area contributed by atoms with Crippen LogP contribution in [0.1, 0.15) is 55.3 Å². The SMILES string of the molecule is Cc1cc(C)n(C(C)Cc2nc(C3(N)CCC3)no2)n1.Cl. The van der Waals surface area contributed by atoms with E-state index in [4.69, 9.17) is 10.3 Å². The maximum Gasteiger partial charge on any atom is 0.228 e. The molecule has 1 saturated carbocycles. The first-order valence-corrected chi connectivity index (χ1v) is 7.13. The first-order chi connectivity index (χ1) is 9.48. The summed E-state index contributed by atoms with van der Waals surface area (Å²) in [6.07, 6.45) is 3.70. The van der Waals surface area contributed by atoms with Gasteiger partial charge in [0.1, 0.15) is 0 Å². The lowest BCUT2D eigenvalue weighted by Crippen LogP contribution is -2.44. The van der Waals surface area contributed by atoms with Gasteiger partial charge in [0.05, 0.1) is 17.3 Å². The van der Waals surface area contributed by atoms with E-state index < -0.39 is 0 Å². The lowest BCUT2D eigenvalue weighted by atomic mass is 9.77. The topological polar surface area (TPSA) is 82.8 Å². The number of hydrogen-bond acceptors (Lipinski definition) is 5. The van der Waals surface area contributed by atoms with Crippen molar-refractivity contribution in [2.24, 2.45) is 5.73 Å². The van der Waals surface area contributed by atoms with Crippen molar-refractivity contribution in [2.75, 3.05) is 0 Å². The molecule has 1 aliphatic rings. The molecule has 1 fully saturated rings. The summed E-state index contributed by atoms with van der Waals surface area (Å²) in [5.74, 6) is 1.29. The van der Waals surface area contributed by atoms with Gasteiger partial charge in [-0.05, 0) is 46.1 Å². The summed E-state index contributed by atoms with van der Waals surface area (Å²) in [4.78, 5) is 4.46. The van der Waals surface area contributed by atoms with Crippen LogP contribution in [0.4, 0.5) is 0 Å². The van der Waals surface area contributed by atoms with Gasteiger partial charge in [-0.3, -0.25) is 4.68 Å². The highest BCUT2D eigenvalue weighted by atomic mass is 35.5. The van der Waals surface area contributed by atoms with Crippen molar-refractivity contribution in [3.63, 3.8) is 0 Å². The Hall–Kier alpha value is -1.40. The summed E-state index contributed by atoms with van der Waals surface area (Å²) in [6, 6.07) is 2.26. The molecule has 21 heavy (non-hydrogen) atoms. The van der Waals surface area contributed by atoms with Crippen molar-refractivity contribution in [2.45, 2.75) is 58.0 Å². The Kier molecular flexibility index (Phi) is 4.39. The predicted octanol–water partition coefficient (Wildman–Crippen LogP) is 2.45. The third-order valence-corrected chi connectivity index (χ3v) is 4.09. The van der Waals surface area contributed by atoms with Crippen LogP contribution in [0.2, 0.25) is 0 Å². The fourth-order valence-corrected chi connectivity index (χ4v) is 2.75. The van der Waals surface area contributed by atoms with E-state index in [1.54, 1.807) is 0 Å². The number of rotatable bonds is 4. The van der Waals surface area contributed by atoms with E-state index >= 15 is 0 Å². The summed E-state index contributed by atoms with van der Waals surface area (Å²) in [5, 5.41) is 8.53. The van der Waals surface area contributed by atoms with E-state index in [0.29, 0.717) is 18.1 Å². The summed E-state index contributed by atoms with van der Waals surface area (Å²) < 4.78 is 7.34. The summed E-state index contributed by atoms with van der Waals surface area (Å²) in [6.45, 7) is 6.15. The second-order valence-electron chi connectivity index (χ2n) is 5.95. The number of aryl methyl sites for hydroxylation is 2. The number of halogens is 1. The van der Waals surface area contributed by atoms with Crippen molar-refractivity contribution in [3.05, 3.63) is 29.2 Å². The van der Waals surface area contributed by atoms with Crippen LogP contribution in [0.3, 0.4) is 0 Å². The Morgan fingerprint density at radius 2 is 2.14 bits per heavy atom. The third-order valence-electron chi connectivity index (χ3n) is 4.09. The molecular weight excluding hydrogens is 290 g/mol. The molecule has 116 valence electrons. The van der Waals surface area contributed by atoms with Crippen LogP contribution >= 0.6 is 12.4 Å². The van der Waals surface area contributed by atoms with Gasteiger partial charge in [0.25, 0.3) is 0 Å². The molecule has 1 atom stereocenters. The maximum atomic E-state index is 6.20. The predicted molar refractivity (Wildman–Crippen MR) is 81.4 cm³/mol. The van der Waals surface area contributed by atoms with E-state index in [0.717, 1.165) is 30.7 Å². The van der Waals surface area contributed by atoms with Gasteiger partial charge in [-0.1, -0.05) is 5.16 Å². The minimum atomic E-state index is -0.358. The number of nitrogens with two attached hydrogens (primary N) is 1. The number of hydrogen-bond donors (Lipinski definition) is 1. The average molecular weight is 312 g/mol. The van der Waals surface area contributed by atoms with Crippen molar-refractivity contribution in [1.82, 2.24) is 19.9 Å². The van der Waals surface area contributed by atoms with Gasteiger partial charge < -0.3 is 10.3 Å². The van der Waals surface area contributed by atoms with Crippen molar-refractivity contribution >= 4 is 12.4 Å². The highest BCUT2D eigenvalue weighted by molar-refractivity contribution is 5.85. The van der Waals surface area contributed by atoms with Crippen LogP contribution in [-0.4, -0.2) is 19.9 Å². The molecule has 0 amide bonds. The smallest absolute Gasteiger partial charge is 0.228 e. The van der Waals surface area contributed by atoms with Crippen LogP contribution < -0.4 is 5.73 Å². The molecule has 2 aromatic rings. The highest BCUT2D eigenvalue weighted by Crippen LogP contribution is 2.37. The van der Waals surface area contributed by atoms with E-state index in [9.17, 15) is 0 Å². The molecule has 0 aliphatic heterocycles. The first kappa shape index (κ1) is 16.0. The van der Waals surface area contributed by atoms with Crippen LogP contribution in [0.25, 0.3) is 0 Å². The summed E-state index contributed by atoms with van der Waals surface area (Å²) >= 11 is 0. The molecular formula is C14H22ClN5O. The second kappa shape index (κ2) is 5.77. The number of nitrogens with zero attached hydrogens (tertiary/aromatic N) is 4. The second-order valence-corrected chi connectivity index (χ2v) is 5.95. The molecule has 3 rings (SSSR count). The Balaban J connectivity index is 0.00000161. The van der Waals surface area contributed by atoms with Crippen LogP contribution in [0.5, 0.6) is 0 Å². The zero-order valence-electron chi connectivity index (χ0n) is 12.7. The highest BCUT2D eigenvalue weighted by Gasteiger charge is 2.39. The van der Waals surface area contributed by atoms with Gasteiger partial charge in [-0.2, -0.15) is 10.1 Å². The van der Waals surface area contributed by atoms with Gasteiger partial charge in [0.2, 0.25) is 5.89 Å². The van der Waals surface area contributed by atoms with E-state index in [1.165, 1.54) is 0 Å². The Morgan fingerprint density at radius 3 is 2.67 bits per heavy atom. The van der Waals surface area contributed by atoms with E-state index in [2.05, 4.69) is 35.2 Å². The molecule has 2 heterocycles. The molecule has 0 spiro atoms. The Bertz CT molecular complexity index is 617. The molecule has 0 aromatic carbocycles. The minimum Gasteiger partial charge on any atom is -0.339 e. The fourth-order valence-electron chi connectivity index (χ4n) is 2.75. The Labute approximate surface area is 130 Å². The minimum absolute atomic E-state index is 0. The largest absolute Gasteiger partial charge is 0.339 e. The zero-order chi connectivity index (χ0) is 14.3. The Morgan fingerprint density at radius 1 is 1.43 bits per heavy atom. The standard InChI is InChI=1S/C14H21N5O.ClH/c1-9-7-10(2)19(17-9)11(3)8-12-16-13(18-20-12)14(15)5-4-6-14;/h7,11H,4-6,8,15H2,1-3H3;1H. The summed E-state index contributed by atoms with van der Waals surface area (Å²) in [7, 11) is 0. The molecule has 0 bridgehead atoms. The molecule has 0 radical (unpaired) electrons. The van der Waals surface area contributed by atoms with Crippen molar-refractivity contribution in [1.29, 1.82) is 0 Å². The molecule has 0 saturated heterocycles. The molecule has 2 aromatic heterocycles. The zero-order valence-corrected chi connectivity index (χ0v) is 13.5. The lowest BCUT2D eigenvalue weighted by molar-refractivity contribution is 0.228. The van der Waals surface area contributed by atoms with Gasteiger partial charge in [0.15, 0.2) is 5.82 Å². The monoisotopic (exact) mass is 311 g/mol. The van der Waals surface area contributed by atoms with Crippen molar-refractivity contribution in [3.8, 4) is 0 Å². The van der Waals surface area contributed by atoms with Crippen LogP contribution in [0.15, 0.2) is 10.6 Å². The van der Waals surface area contributed by atoms with E-state index in [-0.39, 0.29) is 24.0 Å². The van der Waals surface area contributed by atoms with Crippen LogP contribution in [-0.2, 0) is 12.0 Å². The van der Waals surface area contributed by atoms with E-state index in [1.807, 2.05) is 11.6 Å². The van der Waals surface area contributed by atoms with Crippen molar-refractivity contribution < 1.29 is 4.52 Å². The normalized spacial score (nSPS) is 17.9. The first-order valence-electron chi connectivity index (χ1n) is 7.13. The third kappa shape index (κ3) is 2.96. The van der Waals surface area contributed by atoms with Gasteiger partial charge in [-0.25, -0.2) is 0 Å². The van der Waals surface area contributed by atoms with Gasteiger partial charge in [0, 0.05) is 12.1 Å². The van der Waals surface area contributed by atoms with Gasteiger partial charge in [-0.15, -0.1) is 12.4 Å². The molecule has 1 aliphatic carbocycles. The molecule has 2 N–H and O–H groups in total. The quantitative estimate of drug-likeness (QED) is 0.937. The maximum absolute atomic E-state index is 6.20. The van der Waals surface area contributed by atoms with Crippen LogP contribution in [0, 0.1) is 13.8 Å².